The van der Waals surface area contributed by atoms with E-state index in [4.69, 9.17) is 9.51 Å². The molecule has 3 heterocycles. The molecule has 5 nitrogen and oxygen atoms in total. The third-order valence-electron chi connectivity index (χ3n) is 4.02. The van der Waals surface area contributed by atoms with Gasteiger partial charge in [-0.1, -0.05) is 30.3 Å². The average molecular weight is 364 g/mol. The number of aryl methyl sites for hydroxylation is 3. The zero-order chi connectivity index (χ0) is 17.3. The smallest absolute Gasteiger partial charge is 0.263 e. The quantitative estimate of drug-likeness (QED) is 0.478. The van der Waals surface area contributed by atoms with Crippen molar-refractivity contribution in [2.75, 3.05) is 0 Å². The fourth-order valence-electron chi connectivity index (χ4n) is 2.56. The minimum atomic E-state index is 0.0779. The third kappa shape index (κ3) is 3.28. The molecule has 0 atom stereocenters. The van der Waals surface area contributed by atoms with Crippen molar-refractivity contribution < 1.29 is 4.52 Å². The van der Waals surface area contributed by atoms with Crippen molar-refractivity contribution in [2.45, 2.75) is 58.0 Å². The average Bonchev–Trinajstić information content (AvgIpc) is 3.08. The predicted octanol–water partition coefficient (Wildman–Crippen LogP) is 4.46. The molecule has 3 rings (SSSR count). The number of unbranched alkanes of at least 4 members (excludes halogenated alkanes) is 1. The van der Waals surface area contributed by atoms with Gasteiger partial charge in [0.05, 0.1) is 11.1 Å². The van der Waals surface area contributed by atoms with Crippen molar-refractivity contribution in [1.82, 2.24) is 14.7 Å². The van der Waals surface area contributed by atoms with Crippen LogP contribution in [0, 0.1) is 20.8 Å². The summed E-state index contributed by atoms with van der Waals surface area (Å²) in [5.41, 5.74) is 2.00. The molecule has 0 aliphatic heterocycles. The van der Waals surface area contributed by atoms with Gasteiger partial charge in [0, 0.05) is 23.2 Å². The van der Waals surface area contributed by atoms with E-state index in [1.54, 1.807) is 23.1 Å². The molecule has 0 radical (unpaired) electrons. The van der Waals surface area contributed by atoms with Crippen LogP contribution in [0.5, 0.6) is 0 Å². The van der Waals surface area contributed by atoms with E-state index < -0.39 is 0 Å². The molecule has 0 fully saturated rings. The van der Waals surface area contributed by atoms with Crippen LogP contribution in [-0.2, 0) is 12.3 Å². The van der Waals surface area contributed by atoms with Gasteiger partial charge in [0.1, 0.15) is 10.6 Å². The Hall–Kier alpha value is -1.60. The summed E-state index contributed by atoms with van der Waals surface area (Å²) < 4.78 is 6.93. The maximum absolute atomic E-state index is 13.0. The van der Waals surface area contributed by atoms with Gasteiger partial charge in [0.15, 0.2) is 5.16 Å². The molecule has 0 unspecified atom stereocenters. The van der Waals surface area contributed by atoms with Crippen LogP contribution in [-0.4, -0.2) is 14.7 Å². The Bertz CT molecular complexity index is 924. The van der Waals surface area contributed by atoms with Crippen LogP contribution in [0.3, 0.4) is 0 Å². The lowest BCUT2D eigenvalue weighted by molar-refractivity contribution is 0.393. The SMILES string of the molecule is CCCCn1c(SCc2cc(C)on2)nc2sc(C)c(C)c2c1=O. The van der Waals surface area contributed by atoms with Crippen molar-refractivity contribution >= 4 is 33.3 Å². The summed E-state index contributed by atoms with van der Waals surface area (Å²) in [4.78, 5) is 19.8. The second-order valence-electron chi connectivity index (χ2n) is 5.89. The van der Waals surface area contributed by atoms with Crippen molar-refractivity contribution in [3.05, 3.63) is 38.3 Å². The zero-order valence-corrected chi connectivity index (χ0v) is 16.0. The predicted molar refractivity (Wildman–Crippen MR) is 99.1 cm³/mol. The van der Waals surface area contributed by atoms with E-state index in [1.165, 1.54) is 0 Å². The van der Waals surface area contributed by atoms with E-state index in [0.29, 0.717) is 12.3 Å². The number of thiophene rings is 1. The van der Waals surface area contributed by atoms with E-state index in [2.05, 4.69) is 12.1 Å². The molecule has 0 saturated heterocycles. The second-order valence-corrected chi connectivity index (χ2v) is 8.03. The second kappa shape index (κ2) is 7.11. The Kier molecular flexibility index (Phi) is 5.10. The van der Waals surface area contributed by atoms with Crippen LogP contribution < -0.4 is 5.56 Å². The fraction of sp³-hybridized carbons (Fsp3) is 0.471. The number of aromatic nitrogens is 3. The first-order valence-electron chi connectivity index (χ1n) is 8.06. The van der Waals surface area contributed by atoms with Crippen LogP contribution in [0.15, 0.2) is 20.5 Å². The maximum Gasteiger partial charge on any atom is 0.263 e. The summed E-state index contributed by atoms with van der Waals surface area (Å²) in [5.74, 6) is 1.44. The summed E-state index contributed by atoms with van der Waals surface area (Å²) in [7, 11) is 0. The van der Waals surface area contributed by atoms with Crippen LogP contribution in [0.25, 0.3) is 10.2 Å². The normalized spacial score (nSPS) is 11.5. The third-order valence-corrected chi connectivity index (χ3v) is 6.13. The Morgan fingerprint density at radius 2 is 2.12 bits per heavy atom. The van der Waals surface area contributed by atoms with E-state index in [0.717, 1.165) is 50.1 Å². The highest BCUT2D eigenvalue weighted by molar-refractivity contribution is 7.98. The standard InChI is InChI=1S/C17H21N3O2S2/c1-5-6-7-20-16(21)14-11(3)12(4)24-15(14)18-17(20)23-9-13-8-10(2)22-19-13/h8H,5-7,9H2,1-4H3. The van der Waals surface area contributed by atoms with Gasteiger partial charge < -0.3 is 4.52 Å². The molecular weight excluding hydrogens is 342 g/mol. The largest absolute Gasteiger partial charge is 0.361 e. The summed E-state index contributed by atoms with van der Waals surface area (Å²) in [6.45, 7) is 8.75. The van der Waals surface area contributed by atoms with Crippen molar-refractivity contribution in [1.29, 1.82) is 0 Å². The Morgan fingerprint density at radius 3 is 2.79 bits per heavy atom. The number of fused-ring (bicyclic) bond motifs is 1. The first-order chi connectivity index (χ1) is 11.5. The number of nitrogens with zero attached hydrogens (tertiary/aromatic N) is 3. The van der Waals surface area contributed by atoms with E-state index in [1.807, 2.05) is 31.4 Å². The summed E-state index contributed by atoms with van der Waals surface area (Å²) in [6, 6.07) is 1.92. The first-order valence-corrected chi connectivity index (χ1v) is 9.87. The lowest BCUT2D eigenvalue weighted by Gasteiger charge is -2.11. The van der Waals surface area contributed by atoms with Gasteiger partial charge in [-0.3, -0.25) is 9.36 Å². The molecule has 0 aliphatic rings. The summed E-state index contributed by atoms with van der Waals surface area (Å²) in [6.07, 6.45) is 2.00. The Labute approximate surface area is 149 Å². The monoisotopic (exact) mass is 363 g/mol. The van der Waals surface area contributed by atoms with Gasteiger partial charge in [0.25, 0.3) is 5.56 Å². The van der Waals surface area contributed by atoms with Gasteiger partial charge in [-0.15, -0.1) is 11.3 Å². The molecule has 0 N–H and O–H groups in total. The highest BCUT2D eigenvalue weighted by Gasteiger charge is 2.17. The minimum Gasteiger partial charge on any atom is -0.361 e. The van der Waals surface area contributed by atoms with E-state index >= 15 is 0 Å². The first kappa shape index (κ1) is 17.2. The topological polar surface area (TPSA) is 60.9 Å². The fourth-order valence-corrected chi connectivity index (χ4v) is 4.53. The minimum absolute atomic E-state index is 0.0779. The van der Waals surface area contributed by atoms with Crippen molar-refractivity contribution in [3.63, 3.8) is 0 Å². The molecule has 0 saturated carbocycles. The molecule has 7 heteroatoms. The van der Waals surface area contributed by atoms with Gasteiger partial charge >= 0.3 is 0 Å². The molecule has 0 amide bonds. The zero-order valence-electron chi connectivity index (χ0n) is 14.4. The molecule has 0 spiro atoms. The van der Waals surface area contributed by atoms with Crippen LogP contribution in [0.1, 0.15) is 41.7 Å². The van der Waals surface area contributed by atoms with Gasteiger partial charge in [-0.25, -0.2) is 4.98 Å². The molecule has 0 aliphatic carbocycles. The molecule has 128 valence electrons. The molecular formula is C17H21N3O2S2. The van der Waals surface area contributed by atoms with Gasteiger partial charge in [-0.05, 0) is 32.8 Å². The highest BCUT2D eigenvalue weighted by Crippen LogP contribution is 2.29. The highest BCUT2D eigenvalue weighted by atomic mass is 32.2. The van der Waals surface area contributed by atoms with Crippen LogP contribution in [0.4, 0.5) is 0 Å². The molecule has 3 aromatic heterocycles. The molecule has 3 aromatic rings. The number of thioether (sulfide) groups is 1. The van der Waals surface area contributed by atoms with E-state index in [-0.39, 0.29) is 5.56 Å². The lowest BCUT2D eigenvalue weighted by atomic mass is 10.2. The van der Waals surface area contributed by atoms with Crippen LogP contribution >= 0.6 is 23.1 Å². The lowest BCUT2D eigenvalue weighted by Crippen LogP contribution is -2.23. The van der Waals surface area contributed by atoms with Crippen molar-refractivity contribution in [2.24, 2.45) is 0 Å². The number of hydrogen-bond acceptors (Lipinski definition) is 6. The Morgan fingerprint density at radius 1 is 1.33 bits per heavy atom. The molecule has 0 bridgehead atoms. The van der Waals surface area contributed by atoms with Gasteiger partial charge in [-0.2, -0.15) is 0 Å². The molecule has 24 heavy (non-hydrogen) atoms. The summed E-state index contributed by atoms with van der Waals surface area (Å²) >= 11 is 3.14. The summed E-state index contributed by atoms with van der Waals surface area (Å²) in [5, 5.41) is 5.56. The van der Waals surface area contributed by atoms with Crippen molar-refractivity contribution in [3.8, 4) is 0 Å². The number of rotatable bonds is 6. The van der Waals surface area contributed by atoms with Gasteiger partial charge in [0.2, 0.25) is 0 Å². The van der Waals surface area contributed by atoms with E-state index in [9.17, 15) is 4.79 Å². The number of hydrogen-bond donors (Lipinski definition) is 0. The molecule has 0 aromatic carbocycles. The Balaban J connectivity index is 2.02. The maximum atomic E-state index is 13.0. The van der Waals surface area contributed by atoms with Crippen LogP contribution in [0.2, 0.25) is 0 Å².